The van der Waals surface area contributed by atoms with Crippen LogP contribution in [0.4, 0.5) is 10.2 Å². The van der Waals surface area contributed by atoms with E-state index in [9.17, 15) is 14.4 Å². The van der Waals surface area contributed by atoms with E-state index in [1.165, 1.54) is 6.07 Å². The Morgan fingerprint density at radius 2 is 2.00 bits per heavy atom. The number of hydrogen-bond donors (Lipinski definition) is 0. The van der Waals surface area contributed by atoms with Crippen LogP contribution in [0.3, 0.4) is 0 Å². The van der Waals surface area contributed by atoms with Crippen molar-refractivity contribution in [2.45, 2.75) is 77.5 Å². The first kappa shape index (κ1) is 24.7. The van der Waals surface area contributed by atoms with Gasteiger partial charge in [-0.25, -0.2) is 9.37 Å². The lowest BCUT2D eigenvalue weighted by Crippen LogP contribution is -2.58. The Labute approximate surface area is 213 Å². The van der Waals surface area contributed by atoms with Gasteiger partial charge in [0, 0.05) is 37.5 Å². The fraction of sp³-hybridized carbons (Fsp3) is 0.552. The predicted octanol–water partition coefficient (Wildman–Crippen LogP) is 4.74. The monoisotopic (exact) mass is 490 g/mol. The van der Waals surface area contributed by atoms with Crippen LogP contribution in [0.25, 0.3) is 0 Å². The second-order valence-corrected chi connectivity index (χ2v) is 11.4. The van der Waals surface area contributed by atoms with E-state index in [2.05, 4.69) is 38.7 Å². The minimum absolute atomic E-state index is 0.0495. The number of halogens is 1. The van der Waals surface area contributed by atoms with Gasteiger partial charge in [-0.05, 0) is 49.8 Å². The van der Waals surface area contributed by atoms with E-state index in [0.717, 1.165) is 35.5 Å². The highest BCUT2D eigenvalue weighted by Crippen LogP contribution is 2.46. The van der Waals surface area contributed by atoms with E-state index < -0.39 is 0 Å². The first-order valence-corrected chi connectivity index (χ1v) is 13.1. The van der Waals surface area contributed by atoms with Crippen molar-refractivity contribution in [3.63, 3.8) is 0 Å². The average Bonchev–Trinajstić information content (AvgIpc) is 3.69. The lowest BCUT2D eigenvalue weighted by Gasteiger charge is -2.44. The molecule has 0 radical (unpaired) electrons. The Bertz CT molecular complexity index is 1210. The van der Waals surface area contributed by atoms with Crippen LogP contribution in [0.15, 0.2) is 24.3 Å². The Balaban J connectivity index is 1.45. The number of benzene rings is 1. The third-order valence-corrected chi connectivity index (χ3v) is 7.82. The van der Waals surface area contributed by atoms with Gasteiger partial charge in [0.1, 0.15) is 17.7 Å². The molecule has 1 atom stereocenters. The SMILES string of the molecule is CC(C)[C@@H]1CN(c2nc(C3CC3)c3c(c2C#N)CC(C)(C)OC3)CCN1C(=O)Cc1ccccc1F. The van der Waals surface area contributed by atoms with Crippen molar-refractivity contribution < 1.29 is 13.9 Å². The molecule has 5 rings (SSSR count). The van der Waals surface area contributed by atoms with Gasteiger partial charge in [-0.2, -0.15) is 5.26 Å². The molecule has 0 bridgehead atoms. The first-order chi connectivity index (χ1) is 17.2. The molecule has 1 aromatic heterocycles. The molecular formula is C29H35FN4O2. The summed E-state index contributed by atoms with van der Waals surface area (Å²) in [5, 5.41) is 10.3. The fourth-order valence-corrected chi connectivity index (χ4v) is 5.61. The standard InChI is InChI=1S/C29H35FN4O2/c1-18(2)25-16-33(11-12-34(25)26(35)13-20-7-5-6-8-24(20)30)28-22(15-31)21-14-29(3,4)36-17-23(21)27(32-28)19-9-10-19/h5-8,18-19,25H,9-14,16-17H2,1-4H3/t25-/m0/s1. The Kier molecular flexibility index (Phi) is 6.50. The van der Waals surface area contributed by atoms with E-state index in [1.54, 1.807) is 18.2 Å². The lowest BCUT2D eigenvalue weighted by molar-refractivity contribution is -0.134. The van der Waals surface area contributed by atoms with Gasteiger partial charge in [0.05, 0.1) is 35.9 Å². The van der Waals surface area contributed by atoms with Crippen molar-refractivity contribution >= 4 is 11.7 Å². The van der Waals surface area contributed by atoms with Crippen LogP contribution < -0.4 is 4.90 Å². The van der Waals surface area contributed by atoms with Crippen molar-refractivity contribution in [3.8, 4) is 6.07 Å². The van der Waals surface area contributed by atoms with Crippen LogP contribution in [0.5, 0.6) is 0 Å². The van der Waals surface area contributed by atoms with Crippen molar-refractivity contribution in [3.05, 3.63) is 58.0 Å². The second kappa shape index (κ2) is 9.48. The number of ether oxygens (including phenoxy) is 1. The normalized spacial score (nSPS) is 21.3. The lowest BCUT2D eigenvalue weighted by atomic mass is 9.87. The van der Waals surface area contributed by atoms with Crippen molar-refractivity contribution in [1.29, 1.82) is 5.26 Å². The van der Waals surface area contributed by atoms with Gasteiger partial charge in [-0.15, -0.1) is 0 Å². The molecule has 1 amide bonds. The van der Waals surface area contributed by atoms with Crippen LogP contribution in [-0.2, 0) is 29.0 Å². The largest absolute Gasteiger partial charge is 0.370 e. The van der Waals surface area contributed by atoms with Gasteiger partial charge in [-0.3, -0.25) is 4.79 Å². The predicted molar refractivity (Wildman–Crippen MR) is 136 cm³/mol. The van der Waals surface area contributed by atoms with Crippen LogP contribution in [0.1, 0.15) is 74.4 Å². The summed E-state index contributed by atoms with van der Waals surface area (Å²) in [5.74, 6) is 0.995. The highest BCUT2D eigenvalue weighted by molar-refractivity contribution is 5.79. The molecule has 0 unspecified atom stereocenters. The third-order valence-electron chi connectivity index (χ3n) is 7.82. The first-order valence-electron chi connectivity index (χ1n) is 13.1. The van der Waals surface area contributed by atoms with E-state index in [0.29, 0.717) is 49.7 Å². The van der Waals surface area contributed by atoms with E-state index in [4.69, 9.17) is 9.72 Å². The summed E-state index contributed by atoms with van der Waals surface area (Å²) in [5.41, 5.74) is 4.04. The molecule has 6 nitrogen and oxygen atoms in total. The topological polar surface area (TPSA) is 69.5 Å². The van der Waals surface area contributed by atoms with Crippen LogP contribution in [0.2, 0.25) is 0 Å². The molecule has 2 aromatic rings. The molecule has 36 heavy (non-hydrogen) atoms. The number of aromatic nitrogens is 1. The quantitative estimate of drug-likeness (QED) is 0.606. The number of amides is 1. The van der Waals surface area contributed by atoms with Crippen LogP contribution in [0, 0.1) is 23.1 Å². The number of fused-ring (bicyclic) bond motifs is 1. The summed E-state index contributed by atoms with van der Waals surface area (Å²) in [7, 11) is 0. The summed E-state index contributed by atoms with van der Waals surface area (Å²) in [6.07, 6.45) is 2.99. The number of nitriles is 1. The maximum Gasteiger partial charge on any atom is 0.227 e. The van der Waals surface area contributed by atoms with Gasteiger partial charge in [0.25, 0.3) is 0 Å². The number of hydrogen-bond acceptors (Lipinski definition) is 5. The molecular weight excluding hydrogens is 455 g/mol. The van der Waals surface area contributed by atoms with Crippen LogP contribution in [-0.4, -0.2) is 47.1 Å². The number of pyridine rings is 1. The third kappa shape index (κ3) is 4.71. The number of anilines is 1. The summed E-state index contributed by atoms with van der Waals surface area (Å²) in [6.45, 7) is 10.6. The highest BCUT2D eigenvalue weighted by Gasteiger charge is 2.39. The number of carbonyl (C=O) groups excluding carboxylic acids is 1. The fourth-order valence-electron chi connectivity index (χ4n) is 5.61. The molecule has 3 aliphatic rings. The number of carbonyl (C=O) groups is 1. The molecule has 0 N–H and O–H groups in total. The zero-order valence-electron chi connectivity index (χ0n) is 21.7. The maximum absolute atomic E-state index is 14.2. The number of nitrogens with zero attached hydrogens (tertiary/aromatic N) is 4. The Morgan fingerprint density at radius 3 is 2.67 bits per heavy atom. The molecule has 190 valence electrons. The van der Waals surface area contributed by atoms with Crippen molar-refractivity contribution in [2.75, 3.05) is 24.5 Å². The molecule has 1 aliphatic carbocycles. The van der Waals surface area contributed by atoms with E-state index in [-0.39, 0.29) is 35.7 Å². The summed E-state index contributed by atoms with van der Waals surface area (Å²) < 4.78 is 20.3. The molecule has 7 heteroatoms. The van der Waals surface area contributed by atoms with Crippen LogP contribution >= 0.6 is 0 Å². The number of rotatable bonds is 5. The summed E-state index contributed by atoms with van der Waals surface area (Å²) >= 11 is 0. The minimum Gasteiger partial charge on any atom is -0.370 e. The molecule has 1 saturated heterocycles. The molecule has 1 saturated carbocycles. The van der Waals surface area contributed by atoms with Gasteiger partial charge in [-0.1, -0.05) is 32.0 Å². The van der Waals surface area contributed by atoms with Gasteiger partial charge in [0.15, 0.2) is 0 Å². The summed E-state index contributed by atoms with van der Waals surface area (Å²) in [6, 6.07) is 8.91. The van der Waals surface area contributed by atoms with Crippen molar-refractivity contribution in [1.82, 2.24) is 9.88 Å². The van der Waals surface area contributed by atoms with Gasteiger partial charge < -0.3 is 14.5 Å². The zero-order valence-corrected chi connectivity index (χ0v) is 21.7. The highest BCUT2D eigenvalue weighted by atomic mass is 19.1. The van der Waals surface area contributed by atoms with E-state index >= 15 is 0 Å². The smallest absolute Gasteiger partial charge is 0.227 e. The maximum atomic E-state index is 14.2. The Hall–Kier alpha value is -2.98. The molecule has 0 spiro atoms. The van der Waals surface area contributed by atoms with E-state index in [1.807, 2.05) is 4.90 Å². The summed E-state index contributed by atoms with van der Waals surface area (Å²) in [4.78, 5) is 22.5. The van der Waals surface area contributed by atoms with Crippen molar-refractivity contribution in [2.24, 2.45) is 5.92 Å². The van der Waals surface area contributed by atoms with Gasteiger partial charge in [0.2, 0.25) is 5.91 Å². The zero-order chi connectivity index (χ0) is 25.6. The Morgan fingerprint density at radius 1 is 1.25 bits per heavy atom. The molecule has 2 aliphatic heterocycles. The molecule has 1 aromatic carbocycles. The second-order valence-electron chi connectivity index (χ2n) is 11.4. The minimum atomic E-state index is -0.345. The molecule has 3 heterocycles. The molecule has 2 fully saturated rings. The number of piperazine rings is 1. The van der Waals surface area contributed by atoms with Gasteiger partial charge >= 0.3 is 0 Å². The average molecular weight is 491 g/mol.